The lowest BCUT2D eigenvalue weighted by Crippen LogP contribution is -2.14. The molecule has 12 heteroatoms. The standard InChI is InChI=1S/C36H36N4O8/c1-18-16-19(2)29(20(3)17-18)32(33-21(4)30(23(6)38-33)35(41)45-26-10-8-25(9-11-26)40(43)44)34-22(5)31(24(7)39-34)36(42)46-27-12-14-28(15-13-27)47-48-37/h8-17,32,38-39H,37H2,1-7H3. The number of rotatable bonds is 10. The van der Waals surface area contributed by atoms with Gasteiger partial charge in [0.25, 0.3) is 5.69 Å². The van der Waals surface area contributed by atoms with Gasteiger partial charge in [-0.2, -0.15) is 5.90 Å². The second-order valence-electron chi connectivity index (χ2n) is 11.8. The first kappa shape index (κ1) is 33.6. The number of nitro groups is 1. The summed E-state index contributed by atoms with van der Waals surface area (Å²) in [6, 6.07) is 15.8. The number of aryl methyl sites for hydroxylation is 5. The van der Waals surface area contributed by atoms with Gasteiger partial charge in [0.2, 0.25) is 0 Å². The second kappa shape index (κ2) is 13.6. The third kappa shape index (κ3) is 6.57. The van der Waals surface area contributed by atoms with Gasteiger partial charge in [0, 0.05) is 34.9 Å². The normalized spacial score (nSPS) is 11.7. The average molecular weight is 653 g/mol. The molecule has 12 nitrogen and oxygen atoms in total. The molecule has 0 aliphatic heterocycles. The Bertz CT molecular complexity index is 2000. The van der Waals surface area contributed by atoms with E-state index in [1.54, 1.807) is 31.2 Å². The number of nitrogens with two attached hydrogens (primary N) is 1. The van der Waals surface area contributed by atoms with E-state index in [1.807, 2.05) is 41.5 Å². The number of ether oxygens (including phenoxy) is 2. The average Bonchev–Trinajstić information content (AvgIpc) is 3.48. The summed E-state index contributed by atoms with van der Waals surface area (Å²) in [5.41, 5.74) is 8.93. The van der Waals surface area contributed by atoms with Crippen LogP contribution in [0.1, 0.15) is 82.8 Å². The number of non-ortho nitro benzene ring substituents is 1. The predicted octanol–water partition coefficient (Wildman–Crippen LogP) is 7.21. The van der Waals surface area contributed by atoms with Gasteiger partial charge in [0.15, 0.2) is 5.75 Å². The van der Waals surface area contributed by atoms with Crippen LogP contribution in [0.2, 0.25) is 0 Å². The van der Waals surface area contributed by atoms with Gasteiger partial charge in [-0.15, -0.1) is 0 Å². The molecule has 1 unspecified atom stereocenters. The van der Waals surface area contributed by atoms with Crippen LogP contribution < -0.4 is 20.3 Å². The van der Waals surface area contributed by atoms with Crippen LogP contribution in [0.4, 0.5) is 5.69 Å². The van der Waals surface area contributed by atoms with E-state index in [9.17, 15) is 19.7 Å². The molecule has 0 radical (unpaired) electrons. The van der Waals surface area contributed by atoms with E-state index in [0.29, 0.717) is 45.1 Å². The molecule has 2 heterocycles. The second-order valence-corrected chi connectivity index (χ2v) is 11.8. The number of hydrogen-bond donors (Lipinski definition) is 3. The highest BCUT2D eigenvalue weighted by Gasteiger charge is 2.33. The summed E-state index contributed by atoms with van der Waals surface area (Å²) in [5, 5.41) is 11.1. The fourth-order valence-electron chi connectivity index (χ4n) is 6.39. The Hall–Kier alpha value is -5.72. The van der Waals surface area contributed by atoms with E-state index in [-0.39, 0.29) is 11.4 Å². The Kier molecular flexibility index (Phi) is 9.50. The number of benzene rings is 3. The molecule has 1 atom stereocenters. The lowest BCUT2D eigenvalue weighted by Gasteiger charge is -2.23. The highest BCUT2D eigenvalue weighted by Crippen LogP contribution is 2.41. The number of aromatic nitrogens is 2. The summed E-state index contributed by atoms with van der Waals surface area (Å²) in [5.74, 6) is 4.20. The smallest absolute Gasteiger partial charge is 0.345 e. The topological polar surface area (TPSA) is 172 Å². The quantitative estimate of drug-likeness (QED) is 0.0463. The van der Waals surface area contributed by atoms with Crippen molar-refractivity contribution < 1.29 is 33.9 Å². The number of nitrogens with one attached hydrogen (secondary N) is 2. The largest absolute Gasteiger partial charge is 0.423 e. The molecule has 5 aromatic rings. The maximum absolute atomic E-state index is 13.6. The summed E-state index contributed by atoms with van der Waals surface area (Å²) >= 11 is 0. The minimum absolute atomic E-state index is 0.109. The van der Waals surface area contributed by atoms with Crippen molar-refractivity contribution in [3.8, 4) is 17.2 Å². The minimum atomic E-state index is -0.601. The molecule has 0 amide bonds. The van der Waals surface area contributed by atoms with Crippen LogP contribution in [0.15, 0.2) is 60.7 Å². The van der Waals surface area contributed by atoms with E-state index >= 15 is 0 Å². The number of nitrogens with zero attached hydrogens (tertiary/aromatic N) is 1. The molecular weight excluding hydrogens is 616 g/mol. The monoisotopic (exact) mass is 652 g/mol. The number of H-pyrrole nitrogens is 2. The van der Waals surface area contributed by atoms with Crippen LogP contribution in [0.5, 0.6) is 17.2 Å². The molecule has 5 rings (SSSR count). The van der Waals surface area contributed by atoms with Gasteiger partial charge in [0.05, 0.1) is 22.0 Å². The van der Waals surface area contributed by atoms with Crippen molar-refractivity contribution >= 4 is 17.6 Å². The Balaban J connectivity index is 1.58. The molecule has 0 fully saturated rings. The number of carbonyl (C=O) groups excluding carboxylic acids is 2. The Morgan fingerprint density at radius 1 is 0.708 bits per heavy atom. The van der Waals surface area contributed by atoms with E-state index in [0.717, 1.165) is 33.6 Å². The lowest BCUT2D eigenvalue weighted by molar-refractivity contribution is -0.384. The van der Waals surface area contributed by atoms with E-state index in [2.05, 4.69) is 27.1 Å². The molecule has 0 aliphatic rings. The molecule has 2 aromatic heterocycles. The first-order valence-corrected chi connectivity index (χ1v) is 15.1. The molecule has 0 spiro atoms. The molecule has 4 N–H and O–H groups in total. The van der Waals surface area contributed by atoms with Crippen molar-refractivity contribution in [2.45, 2.75) is 54.4 Å². The van der Waals surface area contributed by atoms with Crippen LogP contribution in [0.3, 0.4) is 0 Å². The maximum Gasteiger partial charge on any atom is 0.345 e. The van der Waals surface area contributed by atoms with Gasteiger partial charge in [0.1, 0.15) is 11.5 Å². The zero-order valence-electron chi connectivity index (χ0n) is 27.6. The van der Waals surface area contributed by atoms with Crippen LogP contribution in [0, 0.1) is 58.6 Å². The third-order valence-electron chi connectivity index (χ3n) is 8.40. The molecule has 3 aromatic carbocycles. The SMILES string of the molecule is Cc1cc(C)c(C(c2[nH]c(C)c(C(=O)Oc3ccc(OON)cc3)c2C)c2[nH]c(C)c(C(=O)Oc3ccc([N+](=O)[O-])cc3)c2C)c(C)c1. The zero-order chi connectivity index (χ0) is 34.9. The lowest BCUT2D eigenvalue weighted by atomic mass is 9.82. The number of esters is 2. The Labute approximate surface area is 276 Å². The summed E-state index contributed by atoms with van der Waals surface area (Å²) in [4.78, 5) is 53.5. The molecule has 48 heavy (non-hydrogen) atoms. The van der Waals surface area contributed by atoms with Gasteiger partial charge < -0.3 is 24.3 Å². The number of hydrogen-bond acceptors (Lipinski definition) is 9. The molecule has 0 saturated carbocycles. The molecule has 0 bridgehead atoms. The van der Waals surface area contributed by atoms with Crippen LogP contribution in [-0.4, -0.2) is 26.8 Å². The van der Waals surface area contributed by atoms with Crippen molar-refractivity contribution in [1.82, 2.24) is 9.97 Å². The first-order valence-electron chi connectivity index (χ1n) is 15.1. The van der Waals surface area contributed by atoms with Gasteiger partial charge >= 0.3 is 11.9 Å². The van der Waals surface area contributed by atoms with Crippen molar-refractivity contribution in [3.05, 3.63) is 138 Å². The highest BCUT2D eigenvalue weighted by atomic mass is 17.3. The first-order chi connectivity index (χ1) is 22.8. The molecule has 248 valence electrons. The van der Waals surface area contributed by atoms with Crippen LogP contribution in [-0.2, 0) is 4.99 Å². The van der Waals surface area contributed by atoms with Gasteiger partial charge in [-0.1, -0.05) is 22.7 Å². The summed E-state index contributed by atoms with van der Waals surface area (Å²) in [7, 11) is 0. The molecule has 0 saturated heterocycles. The molecule has 0 aliphatic carbocycles. The van der Waals surface area contributed by atoms with E-state index in [1.165, 1.54) is 24.3 Å². The fourth-order valence-corrected chi connectivity index (χ4v) is 6.39. The van der Waals surface area contributed by atoms with Gasteiger partial charge in [-0.25, -0.2) is 9.59 Å². The van der Waals surface area contributed by atoms with Crippen LogP contribution >= 0.6 is 0 Å². The predicted molar refractivity (Wildman–Crippen MR) is 177 cm³/mol. The summed E-state index contributed by atoms with van der Waals surface area (Å²) in [6.07, 6.45) is 0. The van der Waals surface area contributed by atoms with Crippen molar-refractivity contribution in [2.75, 3.05) is 0 Å². The summed E-state index contributed by atoms with van der Waals surface area (Å²) < 4.78 is 11.4. The number of aromatic amines is 2. The fraction of sp³-hybridized carbons (Fsp3) is 0.222. The summed E-state index contributed by atoms with van der Waals surface area (Å²) in [6.45, 7) is 13.4. The van der Waals surface area contributed by atoms with Crippen molar-refractivity contribution in [3.63, 3.8) is 0 Å². The van der Waals surface area contributed by atoms with Gasteiger partial charge in [-0.05, 0) is 113 Å². The number of nitro benzene ring substituents is 1. The Morgan fingerprint density at radius 2 is 1.12 bits per heavy atom. The van der Waals surface area contributed by atoms with E-state index in [4.69, 9.17) is 20.3 Å². The van der Waals surface area contributed by atoms with Crippen molar-refractivity contribution in [1.29, 1.82) is 0 Å². The maximum atomic E-state index is 13.6. The van der Waals surface area contributed by atoms with E-state index < -0.39 is 22.8 Å². The van der Waals surface area contributed by atoms with Gasteiger partial charge in [-0.3, -0.25) is 10.1 Å². The third-order valence-corrected chi connectivity index (χ3v) is 8.40. The highest BCUT2D eigenvalue weighted by molar-refractivity contribution is 5.95. The van der Waals surface area contributed by atoms with Crippen LogP contribution in [0.25, 0.3) is 0 Å². The van der Waals surface area contributed by atoms with Crippen molar-refractivity contribution in [2.24, 2.45) is 5.90 Å². The number of carbonyl (C=O) groups is 2. The Morgan fingerprint density at radius 3 is 1.54 bits per heavy atom. The minimum Gasteiger partial charge on any atom is -0.423 e. The zero-order valence-corrected chi connectivity index (χ0v) is 27.6. The molecular formula is C36H36N4O8.